The highest BCUT2D eigenvalue weighted by Gasteiger charge is 2.27. The number of Topliss-reactive ketones (excluding diaryl/α,β-unsaturated/α-hetero) is 1. The number of allylic oxidation sites excluding steroid dienone is 1. The molecule has 0 aliphatic carbocycles. The molecule has 4 rings (SSSR count). The molecule has 0 unspecified atom stereocenters. The highest BCUT2D eigenvalue weighted by atomic mass is 16.6. The second kappa shape index (κ2) is 7.59. The van der Waals surface area contributed by atoms with Crippen molar-refractivity contribution in [1.82, 2.24) is 0 Å². The maximum Gasteiger partial charge on any atom is 0.270 e. The zero-order chi connectivity index (χ0) is 20.4. The van der Waals surface area contributed by atoms with Gasteiger partial charge in [-0.1, -0.05) is 42.0 Å². The molecule has 0 fully saturated rings. The fraction of sp³-hybridized carbons (Fsp3) is 0.0870. The molecule has 1 aliphatic heterocycles. The van der Waals surface area contributed by atoms with Gasteiger partial charge in [-0.05, 0) is 36.3 Å². The molecule has 1 heterocycles. The molecule has 0 saturated carbocycles. The first-order valence-corrected chi connectivity index (χ1v) is 9.01. The second-order valence-electron chi connectivity index (χ2n) is 6.72. The van der Waals surface area contributed by atoms with Crippen molar-refractivity contribution in [2.45, 2.75) is 13.5 Å². The largest absolute Gasteiger partial charge is 0.489 e. The molecule has 3 aromatic rings. The van der Waals surface area contributed by atoms with E-state index in [0.29, 0.717) is 29.2 Å². The van der Waals surface area contributed by atoms with E-state index >= 15 is 0 Å². The van der Waals surface area contributed by atoms with Crippen LogP contribution in [0.15, 0.2) is 72.5 Å². The third kappa shape index (κ3) is 4.01. The lowest BCUT2D eigenvalue weighted by atomic mass is 10.1. The number of ketones is 1. The highest BCUT2D eigenvalue weighted by molar-refractivity contribution is 6.14. The van der Waals surface area contributed by atoms with Gasteiger partial charge in [-0.15, -0.1) is 0 Å². The fourth-order valence-corrected chi connectivity index (χ4v) is 2.99. The summed E-state index contributed by atoms with van der Waals surface area (Å²) in [5.74, 6) is 0.856. The molecular formula is C23H17NO5. The summed E-state index contributed by atoms with van der Waals surface area (Å²) in [6.45, 7) is 2.43. The van der Waals surface area contributed by atoms with Gasteiger partial charge in [0.2, 0.25) is 5.78 Å². The number of ether oxygens (including phenoxy) is 2. The standard InChI is InChI=1S/C23H17NO5/c1-15-5-7-16(8-6-15)14-28-19-9-10-20-21(13-19)29-22(23(20)25)12-17-3-2-4-18(11-17)24(26)27/h2-13H,14H2,1H3/b22-12-. The molecule has 0 amide bonds. The van der Waals surface area contributed by atoms with E-state index in [1.165, 1.54) is 23.8 Å². The van der Waals surface area contributed by atoms with E-state index in [9.17, 15) is 14.9 Å². The molecular weight excluding hydrogens is 370 g/mol. The van der Waals surface area contributed by atoms with E-state index < -0.39 is 4.92 Å². The summed E-state index contributed by atoms with van der Waals surface area (Å²) >= 11 is 0. The summed E-state index contributed by atoms with van der Waals surface area (Å²) in [6, 6.07) is 19.1. The number of rotatable bonds is 5. The van der Waals surface area contributed by atoms with Crippen molar-refractivity contribution in [3.05, 3.63) is 105 Å². The van der Waals surface area contributed by atoms with Crippen LogP contribution >= 0.6 is 0 Å². The summed E-state index contributed by atoms with van der Waals surface area (Å²) < 4.78 is 11.5. The number of nitro groups is 1. The normalized spacial score (nSPS) is 13.8. The molecule has 144 valence electrons. The third-order valence-corrected chi connectivity index (χ3v) is 4.55. The van der Waals surface area contributed by atoms with Crippen LogP contribution < -0.4 is 9.47 Å². The number of fused-ring (bicyclic) bond motifs is 1. The van der Waals surface area contributed by atoms with Crippen LogP contribution in [0, 0.1) is 17.0 Å². The number of benzene rings is 3. The van der Waals surface area contributed by atoms with Crippen molar-refractivity contribution >= 4 is 17.5 Å². The molecule has 3 aromatic carbocycles. The van der Waals surface area contributed by atoms with Gasteiger partial charge in [0.1, 0.15) is 18.1 Å². The number of non-ortho nitro benzene ring substituents is 1. The maximum atomic E-state index is 12.6. The highest BCUT2D eigenvalue weighted by Crippen LogP contribution is 2.35. The van der Waals surface area contributed by atoms with Gasteiger partial charge in [-0.2, -0.15) is 0 Å². The van der Waals surface area contributed by atoms with Crippen LogP contribution in [0.5, 0.6) is 11.5 Å². The van der Waals surface area contributed by atoms with Crippen LogP contribution in [0.1, 0.15) is 27.0 Å². The number of carbonyl (C=O) groups excluding carboxylic acids is 1. The first kappa shape index (κ1) is 18.4. The van der Waals surface area contributed by atoms with Crippen molar-refractivity contribution in [2.75, 3.05) is 0 Å². The molecule has 6 heteroatoms. The molecule has 29 heavy (non-hydrogen) atoms. The molecule has 0 radical (unpaired) electrons. The van der Waals surface area contributed by atoms with Crippen LogP contribution in [0.4, 0.5) is 5.69 Å². The summed E-state index contributed by atoms with van der Waals surface area (Å²) in [6.07, 6.45) is 1.50. The summed E-state index contributed by atoms with van der Waals surface area (Å²) in [7, 11) is 0. The average molecular weight is 387 g/mol. The first-order chi connectivity index (χ1) is 14.0. The maximum absolute atomic E-state index is 12.6. The molecule has 1 aliphatic rings. The van der Waals surface area contributed by atoms with E-state index in [1.807, 2.05) is 31.2 Å². The van der Waals surface area contributed by atoms with Crippen LogP contribution in [0.3, 0.4) is 0 Å². The SMILES string of the molecule is Cc1ccc(COc2ccc3c(c2)O/C(=C\c2cccc([N+](=O)[O-])c2)C3=O)cc1. The van der Waals surface area contributed by atoms with Gasteiger partial charge in [0.05, 0.1) is 10.5 Å². The summed E-state index contributed by atoms with van der Waals surface area (Å²) in [4.78, 5) is 23.0. The zero-order valence-electron chi connectivity index (χ0n) is 15.6. The van der Waals surface area contributed by atoms with Gasteiger partial charge in [0, 0.05) is 18.2 Å². The monoisotopic (exact) mass is 387 g/mol. The minimum atomic E-state index is -0.480. The zero-order valence-corrected chi connectivity index (χ0v) is 15.6. The number of carbonyl (C=O) groups is 1. The summed E-state index contributed by atoms with van der Waals surface area (Å²) in [5.41, 5.74) is 3.13. The van der Waals surface area contributed by atoms with Crippen molar-refractivity contribution in [2.24, 2.45) is 0 Å². The second-order valence-corrected chi connectivity index (χ2v) is 6.72. The Hall–Kier alpha value is -3.93. The number of aryl methyl sites for hydroxylation is 1. The smallest absolute Gasteiger partial charge is 0.270 e. The van der Waals surface area contributed by atoms with E-state index in [2.05, 4.69) is 0 Å². The average Bonchev–Trinajstić information content (AvgIpc) is 3.02. The molecule has 6 nitrogen and oxygen atoms in total. The summed E-state index contributed by atoms with van der Waals surface area (Å²) in [5, 5.41) is 10.9. The fourth-order valence-electron chi connectivity index (χ4n) is 2.99. The van der Waals surface area contributed by atoms with Gasteiger partial charge in [-0.3, -0.25) is 14.9 Å². The lowest BCUT2D eigenvalue weighted by Crippen LogP contribution is -1.98. The topological polar surface area (TPSA) is 78.7 Å². The predicted molar refractivity (Wildman–Crippen MR) is 108 cm³/mol. The van der Waals surface area contributed by atoms with Gasteiger partial charge in [0.15, 0.2) is 5.76 Å². The van der Waals surface area contributed by atoms with Gasteiger partial charge >= 0.3 is 0 Å². The van der Waals surface area contributed by atoms with Crippen molar-refractivity contribution in [3.63, 3.8) is 0 Å². The number of hydrogen-bond acceptors (Lipinski definition) is 5. The number of nitro benzene ring substituents is 1. The third-order valence-electron chi connectivity index (χ3n) is 4.55. The van der Waals surface area contributed by atoms with Crippen LogP contribution in [-0.4, -0.2) is 10.7 Å². The van der Waals surface area contributed by atoms with Gasteiger partial charge in [-0.25, -0.2) is 0 Å². The Morgan fingerprint density at radius 2 is 1.86 bits per heavy atom. The van der Waals surface area contributed by atoms with Crippen molar-refractivity contribution < 1.29 is 19.2 Å². The van der Waals surface area contributed by atoms with Crippen molar-refractivity contribution in [3.8, 4) is 11.5 Å². The van der Waals surface area contributed by atoms with Gasteiger partial charge < -0.3 is 9.47 Å². The Balaban J connectivity index is 1.51. The van der Waals surface area contributed by atoms with Gasteiger partial charge in [0.25, 0.3) is 5.69 Å². The lowest BCUT2D eigenvalue weighted by molar-refractivity contribution is -0.384. The lowest BCUT2D eigenvalue weighted by Gasteiger charge is -2.07. The Morgan fingerprint density at radius 1 is 1.07 bits per heavy atom. The molecule has 0 bridgehead atoms. The minimum Gasteiger partial charge on any atom is -0.489 e. The number of hydrogen-bond donors (Lipinski definition) is 0. The number of nitrogens with zero attached hydrogens (tertiary/aromatic N) is 1. The predicted octanol–water partition coefficient (Wildman–Crippen LogP) is 5.10. The van der Waals surface area contributed by atoms with E-state index in [0.717, 1.165) is 5.56 Å². The van der Waals surface area contributed by atoms with Crippen LogP contribution in [-0.2, 0) is 6.61 Å². The minimum absolute atomic E-state index is 0.0471. The first-order valence-electron chi connectivity index (χ1n) is 9.01. The Kier molecular flexibility index (Phi) is 4.83. The molecule has 0 spiro atoms. The Morgan fingerprint density at radius 3 is 2.62 bits per heavy atom. The van der Waals surface area contributed by atoms with Crippen molar-refractivity contribution in [1.29, 1.82) is 0 Å². The molecule has 0 atom stereocenters. The Bertz CT molecular complexity index is 1130. The van der Waals surface area contributed by atoms with E-state index in [-0.39, 0.29) is 17.2 Å². The quantitative estimate of drug-likeness (QED) is 0.346. The van der Waals surface area contributed by atoms with Crippen LogP contribution in [0.25, 0.3) is 6.08 Å². The van der Waals surface area contributed by atoms with Crippen LogP contribution in [0.2, 0.25) is 0 Å². The Labute approximate surface area is 167 Å². The van der Waals surface area contributed by atoms with E-state index in [1.54, 1.807) is 30.3 Å². The molecule has 0 saturated heterocycles. The molecule has 0 N–H and O–H groups in total. The van der Waals surface area contributed by atoms with E-state index in [4.69, 9.17) is 9.47 Å². The molecule has 0 aromatic heterocycles.